The monoisotopic (exact) mass is 142 g/mol. The summed E-state index contributed by atoms with van der Waals surface area (Å²) >= 11 is 0. The highest BCUT2D eigenvalue weighted by Gasteiger charge is 2.15. The normalized spacial score (nSPS) is 19.5. The van der Waals surface area contributed by atoms with E-state index >= 15 is 0 Å². The summed E-state index contributed by atoms with van der Waals surface area (Å²) in [6.45, 7) is 4.66. The van der Waals surface area contributed by atoms with Crippen LogP contribution in [0.15, 0.2) is 0 Å². The Hall–Kier alpha value is 0. The molecule has 0 atom stereocenters. The molecule has 0 bridgehead atoms. The fourth-order valence-corrected chi connectivity index (χ4v) is 1.91. The Morgan fingerprint density at radius 2 is 1.70 bits per heavy atom. The molecule has 0 aliphatic heterocycles. The molecule has 0 nitrogen and oxygen atoms in total. The Morgan fingerprint density at radius 3 is 2.10 bits per heavy atom. The summed E-state index contributed by atoms with van der Waals surface area (Å²) in [6, 6.07) is 0. The molecule has 0 spiro atoms. The van der Waals surface area contributed by atoms with E-state index in [0.717, 1.165) is 11.8 Å². The lowest BCUT2D eigenvalue weighted by molar-refractivity contribution is 0.419. The Bertz CT molecular complexity index is 68.1. The van der Waals surface area contributed by atoms with Crippen LogP contribution in [0.1, 0.15) is 53.4 Å². The molecule has 0 saturated heterocycles. The zero-order valence-electron chi connectivity index (χ0n) is 6.69. The van der Waals surface area contributed by atoms with Gasteiger partial charge in [-0.15, -0.1) is 0 Å². The Morgan fingerprint density at radius 1 is 1.20 bits per heavy atom. The second-order valence-corrected chi connectivity index (χ2v) is 3.78. The second kappa shape index (κ2) is 4.76. The van der Waals surface area contributed by atoms with E-state index in [1.54, 1.807) is 0 Å². The molecule has 0 aromatic rings. The minimum absolute atomic E-state index is 0. The molecule has 10 heavy (non-hydrogen) atoms. The van der Waals surface area contributed by atoms with Crippen LogP contribution in [0.25, 0.3) is 0 Å². The van der Waals surface area contributed by atoms with Crippen LogP contribution in [0.3, 0.4) is 0 Å². The molecule has 62 valence electrons. The molecule has 0 heteroatoms. The van der Waals surface area contributed by atoms with E-state index in [-0.39, 0.29) is 7.43 Å². The summed E-state index contributed by atoms with van der Waals surface area (Å²) in [4.78, 5) is 0. The van der Waals surface area contributed by atoms with Crippen molar-refractivity contribution < 1.29 is 0 Å². The van der Waals surface area contributed by atoms with E-state index < -0.39 is 0 Å². The van der Waals surface area contributed by atoms with Gasteiger partial charge in [-0.1, -0.05) is 47.0 Å². The highest BCUT2D eigenvalue weighted by Crippen LogP contribution is 2.29. The van der Waals surface area contributed by atoms with Gasteiger partial charge in [-0.3, -0.25) is 0 Å². The maximum absolute atomic E-state index is 2.33. The minimum Gasteiger partial charge on any atom is -0.0776 e. The fourth-order valence-electron chi connectivity index (χ4n) is 1.91. The third-order valence-electron chi connectivity index (χ3n) is 2.28. The van der Waals surface area contributed by atoms with E-state index in [4.69, 9.17) is 0 Å². The predicted octanol–water partition coefficient (Wildman–Crippen LogP) is 3.86. The lowest BCUT2D eigenvalue weighted by Crippen LogP contribution is -1.98. The number of hydrogen-bond donors (Lipinski definition) is 0. The number of rotatable bonds is 2. The van der Waals surface area contributed by atoms with E-state index in [1.165, 1.54) is 32.1 Å². The highest BCUT2D eigenvalue weighted by atomic mass is 14.2. The molecule has 0 aromatic heterocycles. The standard InChI is InChI=1S/C9H18.CH4/c1-8(2)7-9-5-3-4-6-9;/h8-9H,3-7H2,1-2H3;1H4. The van der Waals surface area contributed by atoms with Gasteiger partial charge in [-0.25, -0.2) is 0 Å². The van der Waals surface area contributed by atoms with Crippen molar-refractivity contribution in [1.82, 2.24) is 0 Å². The molecule has 0 aromatic carbocycles. The molecule has 1 fully saturated rings. The van der Waals surface area contributed by atoms with Crippen LogP contribution in [0.4, 0.5) is 0 Å². The SMILES string of the molecule is C.CC(C)CC1CCCC1. The van der Waals surface area contributed by atoms with Gasteiger partial charge in [-0.2, -0.15) is 0 Å². The maximum atomic E-state index is 2.33. The summed E-state index contributed by atoms with van der Waals surface area (Å²) < 4.78 is 0. The molecule has 1 aliphatic carbocycles. The lowest BCUT2D eigenvalue weighted by Gasteiger charge is -2.10. The largest absolute Gasteiger partial charge is 0.0776 e. The van der Waals surface area contributed by atoms with Gasteiger partial charge >= 0.3 is 0 Å². The van der Waals surface area contributed by atoms with Crippen molar-refractivity contribution >= 4 is 0 Å². The second-order valence-electron chi connectivity index (χ2n) is 3.78. The van der Waals surface area contributed by atoms with Gasteiger partial charge in [0.15, 0.2) is 0 Å². The first kappa shape index (κ1) is 10.0. The van der Waals surface area contributed by atoms with E-state index in [2.05, 4.69) is 13.8 Å². The molecular formula is C10H22. The van der Waals surface area contributed by atoms with Gasteiger partial charge in [0.25, 0.3) is 0 Å². The van der Waals surface area contributed by atoms with E-state index in [0.29, 0.717) is 0 Å². The third-order valence-corrected chi connectivity index (χ3v) is 2.28. The lowest BCUT2D eigenvalue weighted by atomic mass is 9.96. The minimum atomic E-state index is 0. The molecule has 0 radical (unpaired) electrons. The quantitative estimate of drug-likeness (QED) is 0.549. The molecule has 1 saturated carbocycles. The Balaban J connectivity index is 0.000000810. The van der Waals surface area contributed by atoms with Crippen LogP contribution >= 0.6 is 0 Å². The van der Waals surface area contributed by atoms with Crippen LogP contribution in [0.5, 0.6) is 0 Å². The van der Waals surface area contributed by atoms with Crippen molar-refractivity contribution in [3.05, 3.63) is 0 Å². The predicted molar refractivity (Wildman–Crippen MR) is 48.1 cm³/mol. The van der Waals surface area contributed by atoms with Crippen molar-refractivity contribution in [1.29, 1.82) is 0 Å². The van der Waals surface area contributed by atoms with E-state index in [9.17, 15) is 0 Å². The van der Waals surface area contributed by atoms with Crippen molar-refractivity contribution in [3.8, 4) is 0 Å². The zero-order valence-corrected chi connectivity index (χ0v) is 6.69. The van der Waals surface area contributed by atoms with Crippen LogP contribution in [-0.2, 0) is 0 Å². The first-order valence-corrected chi connectivity index (χ1v) is 4.29. The average molecular weight is 142 g/mol. The van der Waals surface area contributed by atoms with Gasteiger partial charge in [0.1, 0.15) is 0 Å². The molecule has 0 N–H and O–H groups in total. The first-order valence-electron chi connectivity index (χ1n) is 4.29. The van der Waals surface area contributed by atoms with Gasteiger partial charge in [0, 0.05) is 0 Å². The van der Waals surface area contributed by atoms with Crippen molar-refractivity contribution in [2.45, 2.75) is 53.4 Å². The van der Waals surface area contributed by atoms with Crippen LogP contribution in [0, 0.1) is 11.8 Å². The van der Waals surface area contributed by atoms with Crippen LogP contribution < -0.4 is 0 Å². The van der Waals surface area contributed by atoms with Gasteiger partial charge in [-0.05, 0) is 18.3 Å². The third kappa shape index (κ3) is 3.24. The first-order chi connectivity index (χ1) is 4.29. The fraction of sp³-hybridized carbons (Fsp3) is 1.00. The average Bonchev–Trinajstić information content (AvgIpc) is 2.15. The summed E-state index contributed by atoms with van der Waals surface area (Å²) in [5, 5.41) is 0. The summed E-state index contributed by atoms with van der Waals surface area (Å²) in [7, 11) is 0. The highest BCUT2D eigenvalue weighted by molar-refractivity contribution is 4.67. The Kier molecular flexibility index (Phi) is 4.76. The zero-order chi connectivity index (χ0) is 6.69. The van der Waals surface area contributed by atoms with Crippen molar-refractivity contribution in [3.63, 3.8) is 0 Å². The molecule has 1 aliphatic rings. The Labute approximate surface area is 66.0 Å². The van der Waals surface area contributed by atoms with Crippen molar-refractivity contribution in [2.24, 2.45) is 11.8 Å². The maximum Gasteiger partial charge on any atom is -0.0412 e. The van der Waals surface area contributed by atoms with Gasteiger partial charge in [0.05, 0.1) is 0 Å². The summed E-state index contributed by atoms with van der Waals surface area (Å²) in [6.07, 6.45) is 7.49. The molecule has 0 amide bonds. The van der Waals surface area contributed by atoms with Crippen LogP contribution in [-0.4, -0.2) is 0 Å². The van der Waals surface area contributed by atoms with Gasteiger partial charge < -0.3 is 0 Å². The van der Waals surface area contributed by atoms with E-state index in [1.807, 2.05) is 0 Å². The number of hydrogen-bond acceptors (Lipinski definition) is 0. The molecular weight excluding hydrogens is 120 g/mol. The topological polar surface area (TPSA) is 0 Å². The van der Waals surface area contributed by atoms with Gasteiger partial charge in [0.2, 0.25) is 0 Å². The van der Waals surface area contributed by atoms with Crippen molar-refractivity contribution in [2.75, 3.05) is 0 Å². The molecule has 0 unspecified atom stereocenters. The molecule has 1 rings (SSSR count). The van der Waals surface area contributed by atoms with Crippen LogP contribution in [0.2, 0.25) is 0 Å². The smallest absolute Gasteiger partial charge is 0.0412 e. The molecule has 0 heterocycles. The summed E-state index contributed by atoms with van der Waals surface area (Å²) in [5.74, 6) is 2.01. The summed E-state index contributed by atoms with van der Waals surface area (Å²) in [5.41, 5.74) is 0.